The van der Waals surface area contributed by atoms with Gasteiger partial charge in [0.05, 0.1) is 17.3 Å². The third-order valence-corrected chi connectivity index (χ3v) is 5.27. The summed E-state index contributed by atoms with van der Waals surface area (Å²) >= 11 is 0. The Labute approximate surface area is 194 Å². The van der Waals surface area contributed by atoms with Crippen LogP contribution in [0.15, 0.2) is 0 Å². The van der Waals surface area contributed by atoms with Crippen LogP contribution >= 0.6 is 0 Å². The van der Waals surface area contributed by atoms with Gasteiger partial charge in [-0.2, -0.15) is 25.3 Å². The second-order valence-corrected chi connectivity index (χ2v) is 11.1. The standard InChI is InChI=1S/3C5H11NO4S/c3*1-5(7)6-3-2-4-11(8,9)10/h3*2-4H2,1H3,(H,6,7)(H,8,9,10). The number of nitrogens with one attached hydrogen (secondary N) is 3. The predicted molar refractivity (Wildman–Crippen MR) is 119 cm³/mol. The minimum absolute atomic E-state index is 0.208. The lowest BCUT2D eigenvalue weighted by Gasteiger charge is -1.98. The van der Waals surface area contributed by atoms with E-state index in [1.165, 1.54) is 20.8 Å². The number of carbonyl (C=O) groups is 3. The van der Waals surface area contributed by atoms with Crippen LogP contribution in [0.3, 0.4) is 0 Å². The van der Waals surface area contributed by atoms with Crippen LogP contribution in [0.1, 0.15) is 40.0 Å². The van der Waals surface area contributed by atoms with Gasteiger partial charge < -0.3 is 16.0 Å². The first-order valence-corrected chi connectivity index (χ1v) is 14.2. The average Bonchev–Trinajstić information content (AvgIpc) is 2.58. The second-order valence-electron chi connectivity index (χ2n) is 6.37. The highest BCUT2D eigenvalue weighted by molar-refractivity contribution is 7.86. The first-order chi connectivity index (χ1) is 14.7. The Hall–Kier alpha value is -1.86. The molecule has 6 N–H and O–H groups in total. The molecular weight excluding hydrogens is 510 g/mol. The van der Waals surface area contributed by atoms with Crippen LogP contribution in [-0.4, -0.2) is 93.5 Å². The average molecular weight is 544 g/mol. The molecule has 0 aromatic heterocycles. The van der Waals surface area contributed by atoms with Gasteiger partial charge in [-0.05, 0) is 19.3 Å². The molecule has 0 rings (SSSR count). The Morgan fingerprint density at radius 3 is 0.818 bits per heavy atom. The van der Waals surface area contributed by atoms with Crippen molar-refractivity contribution in [1.29, 1.82) is 0 Å². The summed E-state index contributed by atoms with van der Waals surface area (Å²) in [5, 5.41) is 7.21. The Morgan fingerprint density at radius 2 is 0.697 bits per heavy atom. The summed E-state index contributed by atoms with van der Waals surface area (Å²) < 4.78 is 85.4. The lowest BCUT2D eigenvalue weighted by Crippen LogP contribution is -2.22. The highest BCUT2D eigenvalue weighted by atomic mass is 32.2. The zero-order valence-corrected chi connectivity index (χ0v) is 21.1. The fourth-order valence-electron chi connectivity index (χ4n) is 1.56. The molecule has 0 unspecified atom stereocenters. The normalized spacial score (nSPS) is 11.1. The van der Waals surface area contributed by atoms with Gasteiger partial charge in [0, 0.05) is 40.4 Å². The number of hydrogen-bond donors (Lipinski definition) is 6. The summed E-state index contributed by atoms with van der Waals surface area (Å²) in [7, 11) is -11.6. The molecule has 15 nitrogen and oxygen atoms in total. The van der Waals surface area contributed by atoms with Crippen molar-refractivity contribution in [3.8, 4) is 0 Å². The molecule has 0 aliphatic carbocycles. The molecule has 33 heavy (non-hydrogen) atoms. The van der Waals surface area contributed by atoms with Crippen LogP contribution < -0.4 is 16.0 Å². The summed E-state index contributed by atoms with van der Waals surface area (Å²) in [6, 6.07) is 0. The van der Waals surface area contributed by atoms with Crippen molar-refractivity contribution in [2.75, 3.05) is 36.9 Å². The van der Waals surface area contributed by atoms with Gasteiger partial charge in [-0.15, -0.1) is 0 Å². The Morgan fingerprint density at radius 1 is 0.515 bits per heavy atom. The number of rotatable bonds is 12. The molecule has 0 radical (unpaired) electrons. The van der Waals surface area contributed by atoms with Crippen molar-refractivity contribution in [3.63, 3.8) is 0 Å². The molecular formula is C15H33N3O12S3. The first kappa shape index (κ1) is 35.7. The molecule has 18 heteroatoms. The van der Waals surface area contributed by atoms with Crippen molar-refractivity contribution in [2.24, 2.45) is 0 Å². The Balaban J connectivity index is -0.000000409. The lowest BCUT2D eigenvalue weighted by molar-refractivity contribution is -0.119. The van der Waals surface area contributed by atoms with Gasteiger partial charge in [-0.1, -0.05) is 0 Å². The Kier molecular flexibility index (Phi) is 20.1. The fraction of sp³-hybridized carbons (Fsp3) is 0.800. The van der Waals surface area contributed by atoms with Gasteiger partial charge in [0.2, 0.25) is 17.7 Å². The molecule has 0 aliphatic rings. The zero-order chi connectivity index (χ0) is 26.7. The third-order valence-electron chi connectivity index (χ3n) is 2.86. The highest BCUT2D eigenvalue weighted by Crippen LogP contribution is 1.87. The molecule has 0 atom stereocenters. The smallest absolute Gasteiger partial charge is 0.264 e. The van der Waals surface area contributed by atoms with Gasteiger partial charge in [0.15, 0.2) is 0 Å². The maximum atomic E-state index is 10.2. The van der Waals surface area contributed by atoms with Gasteiger partial charge in [-0.25, -0.2) is 0 Å². The number of hydrogen-bond acceptors (Lipinski definition) is 9. The molecule has 0 saturated heterocycles. The SMILES string of the molecule is CC(=O)NCCCS(=O)(=O)O.CC(=O)NCCCS(=O)(=O)O.CC(=O)NCCCS(=O)(=O)O. The van der Waals surface area contributed by atoms with Crippen molar-refractivity contribution in [3.05, 3.63) is 0 Å². The molecule has 0 spiro atoms. The summed E-state index contributed by atoms with van der Waals surface area (Å²) in [5.74, 6) is -1.56. The topological polar surface area (TPSA) is 250 Å². The third kappa shape index (κ3) is 48.7. The van der Waals surface area contributed by atoms with Gasteiger partial charge in [0.1, 0.15) is 0 Å². The van der Waals surface area contributed by atoms with E-state index in [2.05, 4.69) is 16.0 Å². The van der Waals surface area contributed by atoms with Crippen molar-refractivity contribution in [1.82, 2.24) is 16.0 Å². The lowest BCUT2D eigenvalue weighted by atomic mass is 10.5. The quantitative estimate of drug-likeness (QED) is 0.118. The van der Waals surface area contributed by atoms with E-state index in [1.54, 1.807) is 0 Å². The maximum absolute atomic E-state index is 10.2. The van der Waals surface area contributed by atoms with Crippen LogP contribution in [0.2, 0.25) is 0 Å². The summed E-state index contributed by atoms with van der Waals surface area (Å²) in [6.45, 7) is 4.84. The molecule has 0 bridgehead atoms. The van der Waals surface area contributed by atoms with E-state index in [4.69, 9.17) is 13.7 Å². The maximum Gasteiger partial charge on any atom is 0.264 e. The van der Waals surface area contributed by atoms with E-state index in [1.807, 2.05) is 0 Å². The van der Waals surface area contributed by atoms with Gasteiger partial charge in [-0.3, -0.25) is 28.0 Å². The summed E-state index contributed by atoms with van der Waals surface area (Å²) in [6.07, 6.45) is 0.704. The Bertz CT molecular complexity index is 781. The van der Waals surface area contributed by atoms with Crippen molar-refractivity contribution in [2.45, 2.75) is 40.0 Å². The predicted octanol–water partition coefficient (Wildman–Crippen LogP) is -1.80. The molecule has 0 fully saturated rings. The van der Waals surface area contributed by atoms with Crippen LogP contribution in [0, 0.1) is 0 Å². The van der Waals surface area contributed by atoms with Crippen LogP contribution in [0.25, 0.3) is 0 Å². The van der Waals surface area contributed by atoms with E-state index in [0.29, 0.717) is 0 Å². The number of amides is 3. The van der Waals surface area contributed by atoms with Gasteiger partial charge >= 0.3 is 0 Å². The largest absolute Gasteiger partial charge is 0.356 e. The minimum Gasteiger partial charge on any atom is -0.356 e. The first-order valence-electron chi connectivity index (χ1n) is 9.34. The summed E-state index contributed by atoms with van der Waals surface area (Å²) in [4.78, 5) is 30.7. The van der Waals surface area contributed by atoms with Crippen LogP contribution in [-0.2, 0) is 44.7 Å². The van der Waals surface area contributed by atoms with E-state index < -0.39 is 30.4 Å². The molecule has 0 aromatic carbocycles. The monoisotopic (exact) mass is 543 g/mol. The zero-order valence-electron chi connectivity index (χ0n) is 18.6. The van der Waals surface area contributed by atoms with E-state index >= 15 is 0 Å². The molecule has 0 saturated carbocycles. The second kappa shape index (κ2) is 18.6. The minimum atomic E-state index is -3.87. The van der Waals surface area contributed by atoms with E-state index in [0.717, 1.165) is 0 Å². The molecule has 3 amide bonds. The van der Waals surface area contributed by atoms with Crippen LogP contribution in [0.4, 0.5) is 0 Å². The highest BCUT2D eigenvalue weighted by Gasteiger charge is 2.04. The summed E-state index contributed by atoms with van der Waals surface area (Å²) in [5.41, 5.74) is 0. The van der Waals surface area contributed by atoms with E-state index in [9.17, 15) is 39.6 Å². The molecule has 0 aliphatic heterocycles. The van der Waals surface area contributed by atoms with Gasteiger partial charge in [0.25, 0.3) is 30.4 Å². The fourth-order valence-corrected chi connectivity index (χ4v) is 3.08. The van der Waals surface area contributed by atoms with Crippen molar-refractivity contribution >= 4 is 48.1 Å². The van der Waals surface area contributed by atoms with E-state index in [-0.39, 0.29) is 73.9 Å². The molecule has 0 heterocycles. The van der Waals surface area contributed by atoms with Crippen molar-refractivity contribution < 1.29 is 53.3 Å². The number of carbonyl (C=O) groups excluding carboxylic acids is 3. The van der Waals surface area contributed by atoms with Crippen LogP contribution in [0.5, 0.6) is 0 Å². The molecule has 0 aromatic rings. The molecule has 198 valence electrons.